The summed E-state index contributed by atoms with van der Waals surface area (Å²) in [7, 11) is 0. The van der Waals surface area contributed by atoms with Gasteiger partial charge in [-0.25, -0.2) is 4.79 Å². The van der Waals surface area contributed by atoms with Gasteiger partial charge in [0.25, 0.3) is 0 Å². The van der Waals surface area contributed by atoms with E-state index in [1.807, 2.05) is 19.8 Å². The van der Waals surface area contributed by atoms with Crippen molar-refractivity contribution in [1.82, 2.24) is 0 Å². The summed E-state index contributed by atoms with van der Waals surface area (Å²) in [5, 5.41) is 0. The maximum atomic E-state index is 10.4. The van der Waals surface area contributed by atoms with Gasteiger partial charge in [-0.3, -0.25) is 4.99 Å². The van der Waals surface area contributed by atoms with Crippen LogP contribution in [0.5, 0.6) is 0 Å². The van der Waals surface area contributed by atoms with E-state index in [0.29, 0.717) is 6.04 Å². The fourth-order valence-corrected chi connectivity index (χ4v) is 1.29. The van der Waals surface area contributed by atoms with E-state index in [1.54, 1.807) is 0 Å². The van der Waals surface area contributed by atoms with Crippen LogP contribution in [0.2, 0.25) is 0 Å². The number of nitrogens with zero attached hydrogens (tertiary/aromatic N) is 1. The fraction of sp³-hybridized carbons (Fsp3) is 0.667. The quantitative estimate of drug-likeness (QED) is 0.525. The molecule has 0 aromatic carbocycles. The van der Waals surface area contributed by atoms with E-state index in [0.717, 1.165) is 30.5 Å². The second-order valence-corrected chi connectivity index (χ2v) is 3.10. The Morgan fingerprint density at radius 1 is 1.45 bits per heavy atom. The van der Waals surface area contributed by atoms with Crippen molar-refractivity contribution < 1.29 is 4.79 Å². The topological polar surface area (TPSA) is 29.4 Å². The molecule has 0 saturated heterocycles. The first-order valence-electron chi connectivity index (χ1n) is 4.05. The van der Waals surface area contributed by atoms with Gasteiger partial charge in [-0.05, 0) is 33.1 Å². The second-order valence-electron chi connectivity index (χ2n) is 3.10. The van der Waals surface area contributed by atoms with E-state index in [9.17, 15) is 4.79 Å². The third-order valence-corrected chi connectivity index (χ3v) is 1.73. The zero-order valence-electron chi connectivity index (χ0n) is 7.05. The Bertz CT molecular complexity index is 222. The number of hydrogen-bond donors (Lipinski definition) is 0. The standard InChI is InChI=1S/C9H13NO/c1-7(2)10-9-5-3-4-8(9)6-11/h7H,3-5H2,1-2H3. The summed E-state index contributed by atoms with van der Waals surface area (Å²) in [6.07, 6.45) is 2.90. The smallest absolute Gasteiger partial charge is 0.129 e. The van der Waals surface area contributed by atoms with Crippen molar-refractivity contribution in [3.8, 4) is 0 Å². The van der Waals surface area contributed by atoms with Crippen molar-refractivity contribution in [3.63, 3.8) is 0 Å². The Morgan fingerprint density at radius 2 is 2.18 bits per heavy atom. The molecule has 0 aliphatic heterocycles. The third-order valence-electron chi connectivity index (χ3n) is 1.73. The minimum Gasteiger partial charge on any atom is -0.286 e. The lowest BCUT2D eigenvalue weighted by Gasteiger charge is -1.98. The van der Waals surface area contributed by atoms with Gasteiger partial charge in [0.15, 0.2) is 0 Å². The summed E-state index contributed by atoms with van der Waals surface area (Å²) < 4.78 is 0. The highest BCUT2D eigenvalue weighted by molar-refractivity contribution is 6.07. The van der Waals surface area contributed by atoms with Crippen LogP contribution >= 0.6 is 0 Å². The monoisotopic (exact) mass is 151 g/mol. The van der Waals surface area contributed by atoms with Crippen LogP contribution in [0.1, 0.15) is 33.1 Å². The maximum Gasteiger partial charge on any atom is 0.129 e. The Morgan fingerprint density at radius 3 is 2.73 bits per heavy atom. The molecule has 11 heavy (non-hydrogen) atoms. The van der Waals surface area contributed by atoms with E-state index in [4.69, 9.17) is 0 Å². The van der Waals surface area contributed by atoms with Gasteiger partial charge in [-0.15, -0.1) is 0 Å². The van der Waals surface area contributed by atoms with Gasteiger partial charge in [-0.2, -0.15) is 0 Å². The van der Waals surface area contributed by atoms with Crippen LogP contribution in [0.3, 0.4) is 0 Å². The van der Waals surface area contributed by atoms with E-state index in [1.165, 1.54) is 0 Å². The molecule has 0 amide bonds. The summed E-state index contributed by atoms with van der Waals surface area (Å²) >= 11 is 0. The molecule has 1 fully saturated rings. The number of hydrogen-bond acceptors (Lipinski definition) is 2. The van der Waals surface area contributed by atoms with Gasteiger partial charge in [0.2, 0.25) is 0 Å². The minimum absolute atomic E-state index is 0.298. The van der Waals surface area contributed by atoms with Crippen LogP contribution in [0.25, 0.3) is 0 Å². The molecule has 0 unspecified atom stereocenters. The second kappa shape index (κ2) is 3.49. The van der Waals surface area contributed by atoms with Crippen molar-refractivity contribution in [2.24, 2.45) is 4.99 Å². The van der Waals surface area contributed by atoms with Crippen molar-refractivity contribution in [2.75, 3.05) is 0 Å². The number of carbonyl (C=O) groups excluding carboxylic acids is 1. The Hall–Kier alpha value is -0.880. The van der Waals surface area contributed by atoms with Crippen LogP contribution in [0.4, 0.5) is 0 Å². The zero-order valence-corrected chi connectivity index (χ0v) is 7.05. The molecule has 0 heterocycles. The first kappa shape index (κ1) is 8.22. The van der Waals surface area contributed by atoms with E-state index >= 15 is 0 Å². The number of allylic oxidation sites excluding steroid dienone is 1. The molecule has 0 atom stereocenters. The molecule has 0 aromatic heterocycles. The normalized spacial score (nSPS) is 21.4. The average Bonchev–Trinajstić information content (AvgIpc) is 2.34. The van der Waals surface area contributed by atoms with Crippen LogP contribution in [0.15, 0.2) is 10.6 Å². The average molecular weight is 151 g/mol. The Kier molecular flexibility index (Phi) is 2.61. The highest BCUT2D eigenvalue weighted by Gasteiger charge is 2.15. The first-order valence-corrected chi connectivity index (χ1v) is 4.05. The third kappa shape index (κ3) is 2.02. The summed E-state index contributed by atoms with van der Waals surface area (Å²) in [6.45, 7) is 4.04. The van der Waals surface area contributed by atoms with Gasteiger partial charge in [0.1, 0.15) is 5.94 Å². The number of rotatable bonds is 1. The van der Waals surface area contributed by atoms with Crippen molar-refractivity contribution in [1.29, 1.82) is 0 Å². The predicted molar refractivity (Wildman–Crippen MR) is 45.6 cm³/mol. The van der Waals surface area contributed by atoms with Gasteiger partial charge >= 0.3 is 0 Å². The maximum absolute atomic E-state index is 10.4. The molecule has 60 valence electrons. The Labute approximate surface area is 67.0 Å². The lowest BCUT2D eigenvalue weighted by atomic mass is 10.2. The van der Waals surface area contributed by atoms with E-state index in [-0.39, 0.29) is 0 Å². The first-order chi connectivity index (χ1) is 5.24. The Balaban J connectivity index is 2.80. The molecule has 0 aromatic rings. The molecule has 2 heteroatoms. The molecule has 1 aliphatic rings. The zero-order chi connectivity index (χ0) is 8.27. The summed E-state index contributed by atoms with van der Waals surface area (Å²) in [4.78, 5) is 14.7. The van der Waals surface area contributed by atoms with Crippen LogP contribution in [-0.2, 0) is 4.79 Å². The molecule has 0 N–H and O–H groups in total. The molecule has 1 saturated carbocycles. The van der Waals surface area contributed by atoms with Crippen molar-refractivity contribution >= 4 is 11.7 Å². The highest BCUT2D eigenvalue weighted by atomic mass is 16.1. The minimum atomic E-state index is 0.298. The lowest BCUT2D eigenvalue weighted by molar-refractivity contribution is 0.567. The van der Waals surface area contributed by atoms with Gasteiger partial charge in [0, 0.05) is 11.8 Å². The molecule has 0 spiro atoms. The summed E-state index contributed by atoms with van der Waals surface area (Å²) in [6, 6.07) is 0.298. The fourth-order valence-electron chi connectivity index (χ4n) is 1.29. The molecular weight excluding hydrogens is 138 g/mol. The molecule has 2 nitrogen and oxygen atoms in total. The van der Waals surface area contributed by atoms with Gasteiger partial charge in [-0.1, -0.05) is 0 Å². The molecule has 0 radical (unpaired) electrons. The van der Waals surface area contributed by atoms with E-state index < -0.39 is 0 Å². The van der Waals surface area contributed by atoms with Crippen molar-refractivity contribution in [3.05, 3.63) is 5.57 Å². The summed E-state index contributed by atoms with van der Waals surface area (Å²) in [5.74, 6) is 1.96. The SMILES string of the molecule is CC(C)N=C1CCCC1=C=O. The molecule has 0 bridgehead atoms. The molecule has 1 rings (SSSR count). The predicted octanol–water partition coefficient (Wildman–Crippen LogP) is 1.78. The van der Waals surface area contributed by atoms with Crippen LogP contribution < -0.4 is 0 Å². The summed E-state index contributed by atoms with van der Waals surface area (Å²) in [5.41, 5.74) is 1.77. The molecule has 1 aliphatic carbocycles. The largest absolute Gasteiger partial charge is 0.286 e. The van der Waals surface area contributed by atoms with Gasteiger partial charge < -0.3 is 0 Å². The van der Waals surface area contributed by atoms with Crippen LogP contribution in [0, 0.1) is 0 Å². The highest BCUT2D eigenvalue weighted by Crippen LogP contribution is 2.19. The van der Waals surface area contributed by atoms with Crippen molar-refractivity contribution in [2.45, 2.75) is 39.2 Å². The lowest BCUT2D eigenvalue weighted by Crippen LogP contribution is -2.00. The van der Waals surface area contributed by atoms with E-state index in [2.05, 4.69) is 4.99 Å². The number of aliphatic imine (C=N–C) groups is 1. The molecular formula is C9H13NO. The van der Waals surface area contributed by atoms with Crippen LogP contribution in [-0.4, -0.2) is 17.7 Å². The van der Waals surface area contributed by atoms with Gasteiger partial charge in [0.05, 0.1) is 5.57 Å².